The summed E-state index contributed by atoms with van der Waals surface area (Å²) in [5.74, 6) is 0.0172. The number of nitrogens with one attached hydrogen (secondary N) is 2. The number of hydrogen-bond donors (Lipinski definition) is 4. The predicted octanol–water partition coefficient (Wildman–Crippen LogP) is 10.1. The number of rotatable bonds is 14. The third-order valence-corrected chi connectivity index (χ3v) is 11.7. The highest BCUT2D eigenvalue weighted by molar-refractivity contribution is 5.96. The lowest BCUT2D eigenvalue weighted by molar-refractivity contribution is -0.538. The van der Waals surface area contributed by atoms with E-state index in [4.69, 9.17) is 21.4 Å². The van der Waals surface area contributed by atoms with Crippen LogP contribution in [0.1, 0.15) is 80.0 Å². The van der Waals surface area contributed by atoms with Gasteiger partial charge in [-0.15, -0.1) is 9.13 Å². The van der Waals surface area contributed by atoms with Crippen molar-refractivity contribution in [3.05, 3.63) is 131 Å². The van der Waals surface area contributed by atoms with Crippen molar-refractivity contribution >= 4 is 78.7 Å². The van der Waals surface area contributed by atoms with Crippen LogP contribution in [0.5, 0.6) is 0 Å². The van der Waals surface area contributed by atoms with Crippen LogP contribution < -0.4 is 31.2 Å². The number of carbonyl (C=O) groups is 2. The van der Waals surface area contributed by atoms with Crippen molar-refractivity contribution in [2.75, 3.05) is 22.1 Å². The van der Waals surface area contributed by atoms with Crippen LogP contribution >= 0.6 is 0 Å². The zero-order valence-corrected chi connectivity index (χ0v) is 35.5. The molecule has 0 radical (unpaired) electrons. The van der Waals surface area contributed by atoms with Crippen molar-refractivity contribution in [1.29, 1.82) is 0 Å². The van der Waals surface area contributed by atoms with Crippen LogP contribution in [0.2, 0.25) is 0 Å². The lowest BCUT2D eigenvalue weighted by atomic mass is 10.1. The van der Waals surface area contributed by atoms with E-state index in [0.29, 0.717) is 24.2 Å². The fraction of sp³-hybridized carbons (Fsp3) is 0.255. The summed E-state index contributed by atoms with van der Waals surface area (Å²) in [4.78, 5) is 36.3. The number of fused-ring (bicyclic) bond motifs is 4. The Hall–Kier alpha value is -6.94. The molecule has 0 atom stereocenters. The summed E-state index contributed by atoms with van der Waals surface area (Å²) in [5, 5.41) is 6.36. The molecule has 0 unspecified atom stereocenters. The van der Waals surface area contributed by atoms with E-state index in [1.165, 1.54) is 0 Å². The molecule has 2 amide bonds. The van der Waals surface area contributed by atoms with Crippen LogP contribution in [0, 0.1) is 27.7 Å². The first-order chi connectivity index (χ1) is 29.5. The fourth-order valence-electron chi connectivity index (χ4n) is 8.21. The molecule has 6 N–H and O–H groups in total. The van der Waals surface area contributed by atoms with Crippen LogP contribution in [-0.2, 0) is 9.59 Å². The Bertz CT molecular complexity index is 2750. The maximum Gasteiger partial charge on any atom is 0.239 e. The largest absolute Gasteiger partial charge is 0.398 e. The molecule has 0 saturated heterocycles. The molecule has 61 heavy (non-hydrogen) atoms. The normalized spacial score (nSPS) is 11.5. The summed E-state index contributed by atoms with van der Waals surface area (Å²) in [6.07, 6.45) is 7.71. The lowest BCUT2D eigenvalue weighted by Crippen LogP contribution is -2.33. The molecule has 0 spiro atoms. The summed E-state index contributed by atoms with van der Waals surface area (Å²) < 4.78 is 4.33. The van der Waals surface area contributed by atoms with E-state index >= 15 is 0 Å². The Morgan fingerprint density at radius 1 is 0.459 bits per heavy atom. The van der Waals surface area contributed by atoms with Gasteiger partial charge in [-0.25, -0.2) is 9.97 Å². The van der Waals surface area contributed by atoms with E-state index in [-0.39, 0.29) is 11.8 Å². The summed E-state index contributed by atoms with van der Waals surface area (Å²) >= 11 is 0. The summed E-state index contributed by atoms with van der Waals surface area (Å²) in [6, 6.07) is 36.5. The minimum absolute atomic E-state index is 0.00858. The molecule has 8 rings (SSSR count). The molecule has 2 heterocycles. The Balaban J connectivity index is 0.819. The topological polar surface area (TPSA) is 144 Å². The quantitative estimate of drug-likeness (QED) is 0.0373. The number of amides is 2. The molecule has 0 aliphatic heterocycles. The first kappa shape index (κ1) is 40.8. The highest BCUT2D eigenvalue weighted by atomic mass is 16.2. The van der Waals surface area contributed by atoms with E-state index in [0.717, 1.165) is 134 Å². The smallest absolute Gasteiger partial charge is 0.239 e. The molecular formula is C51H54N8O2+2. The van der Waals surface area contributed by atoms with Gasteiger partial charge in [0, 0.05) is 72.7 Å². The Morgan fingerprint density at radius 3 is 1.16 bits per heavy atom. The third-order valence-electron chi connectivity index (χ3n) is 11.7. The van der Waals surface area contributed by atoms with Gasteiger partial charge in [-0.1, -0.05) is 68.5 Å². The van der Waals surface area contributed by atoms with Crippen LogP contribution in [0.4, 0.5) is 22.7 Å². The first-order valence-corrected chi connectivity index (χ1v) is 21.4. The van der Waals surface area contributed by atoms with E-state index < -0.39 is 0 Å². The van der Waals surface area contributed by atoms with Gasteiger partial charge >= 0.3 is 0 Å². The van der Waals surface area contributed by atoms with Gasteiger partial charge in [-0.05, 0) is 87.1 Å². The second-order valence-corrected chi connectivity index (χ2v) is 16.3. The monoisotopic (exact) mass is 810 g/mol. The number of para-hydroxylation sites is 2. The van der Waals surface area contributed by atoms with Crippen LogP contribution in [0.3, 0.4) is 0 Å². The van der Waals surface area contributed by atoms with Crippen LogP contribution in [-0.4, -0.2) is 21.8 Å². The molecular weight excluding hydrogens is 757 g/mol. The second-order valence-electron chi connectivity index (χ2n) is 16.3. The van der Waals surface area contributed by atoms with E-state index in [1.807, 2.05) is 113 Å². The summed E-state index contributed by atoms with van der Waals surface area (Å²) in [5.41, 5.74) is 28.6. The molecule has 2 aromatic heterocycles. The second kappa shape index (κ2) is 17.7. The fourth-order valence-corrected chi connectivity index (χ4v) is 8.21. The number of carbonyl (C=O) groups excluding carboxylic acids is 2. The predicted molar refractivity (Wildman–Crippen MR) is 248 cm³/mol. The lowest BCUT2D eigenvalue weighted by Gasteiger charge is -2.12. The maximum absolute atomic E-state index is 13.2. The molecule has 0 aliphatic carbocycles. The minimum Gasteiger partial charge on any atom is -0.398 e. The van der Waals surface area contributed by atoms with Crippen molar-refractivity contribution in [2.24, 2.45) is 0 Å². The van der Waals surface area contributed by atoms with Crippen molar-refractivity contribution in [3.8, 4) is 11.4 Å². The molecule has 0 aliphatic rings. The van der Waals surface area contributed by atoms with Gasteiger partial charge in [0.25, 0.3) is 0 Å². The van der Waals surface area contributed by atoms with Crippen molar-refractivity contribution < 1.29 is 18.7 Å². The highest BCUT2D eigenvalue weighted by Gasteiger charge is 2.24. The number of anilines is 4. The average molecular weight is 811 g/mol. The summed E-state index contributed by atoms with van der Waals surface area (Å²) in [7, 11) is 0. The van der Waals surface area contributed by atoms with Crippen molar-refractivity contribution in [1.82, 2.24) is 9.97 Å². The molecule has 0 bridgehead atoms. The number of aromatic nitrogens is 4. The number of unbranched alkanes of at least 4 members (excludes halogenated alkanes) is 6. The number of nitrogens with zero attached hydrogens (tertiary/aromatic N) is 4. The number of nitrogen functional groups attached to an aromatic ring is 2. The molecule has 8 aromatic rings. The number of hydrogen-bond acceptors (Lipinski definition) is 6. The number of benzene rings is 6. The molecule has 308 valence electrons. The SMILES string of the molecule is Cc1cc2nc3cc(C)c(NC(=O)CCCCCCCCCC(=O)Nc4cc5c(cc4C)nc4cc(C)c(N)cc4[n+]5-c4ccccc4)cc3[n+](-c3ccccc3)c2cc1N. The van der Waals surface area contributed by atoms with Crippen LogP contribution in [0.25, 0.3) is 55.5 Å². The minimum atomic E-state index is 0.00858. The molecule has 6 aromatic carbocycles. The van der Waals surface area contributed by atoms with Gasteiger partial charge in [0.1, 0.15) is 22.1 Å². The van der Waals surface area contributed by atoms with Gasteiger partial charge in [-0.3, -0.25) is 9.59 Å². The Morgan fingerprint density at radius 2 is 0.787 bits per heavy atom. The average Bonchev–Trinajstić information content (AvgIpc) is 3.24. The third kappa shape index (κ3) is 8.84. The van der Waals surface area contributed by atoms with Crippen molar-refractivity contribution in [2.45, 2.75) is 85.5 Å². The zero-order chi connectivity index (χ0) is 42.6. The van der Waals surface area contributed by atoms with E-state index in [1.54, 1.807) is 0 Å². The number of aryl methyl sites for hydroxylation is 4. The standard InChI is InChI=1S/C51H52N8O2/c1-32-24-42-46(28-38(32)52)58(36-18-12-10-13-19-36)48-30-40(34(3)26-44(48)54-42)56-50(60)22-16-8-6-5-7-9-17-23-51(61)57-41-31-49-45(27-35(41)4)55-43-25-33(2)39(53)29-47(43)59(49)37-20-14-11-15-21-37/h10-15,18-21,24-31H,5-9,16-17,22-23H2,1-4H3,(H4,52,53,56,57,60,61)/p+2. The molecule has 10 heteroatoms. The van der Waals surface area contributed by atoms with E-state index in [9.17, 15) is 9.59 Å². The first-order valence-electron chi connectivity index (χ1n) is 21.4. The van der Waals surface area contributed by atoms with Gasteiger partial charge in [0.05, 0.1) is 11.4 Å². The van der Waals surface area contributed by atoms with Gasteiger partial charge in [-0.2, -0.15) is 0 Å². The Kier molecular flexibility index (Phi) is 11.9. The van der Waals surface area contributed by atoms with Gasteiger partial charge < -0.3 is 22.1 Å². The Labute approximate surface area is 356 Å². The van der Waals surface area contributed by atoms with E-state index in [2.05, 4.69) is 44.0 Å². The maximum atomic E-state index is 13.2. The van der Waals surface area contributed by atoms with Gasteiger partial charge in [0.15, 0.2) is 0 Å². The molecule has 10 nitrogen and oxygen atoms in total. The van der Waals surface area contributed by atoms with Crippen LogP contribution in [0.15, 0.2) is 109 Å². The zero-order valence-electron chi connectivity index (χ0n) is 35.5. The molecule has 0 saturated carbocycles. The van der Waals surface area contributed by atoms with Crippen molar-refractivity contribution in [3.63, 3.8) is 0 Å². The summed E-state index contributed by atoms with van der Waals surface area (Å²) in [6.45, 7) is 8.00. The highest BCUT2D eigenvalue weighted by Crippen LogP contribution is 2.29. The van der Waals surface area contributed by atoms with Gasteiger partial charge in [0.2, 0.25) is 45.3 Å². The molecule has 0 fully saturated rings. The number of nitrogens with two attached hydrogens (primary N) is 2.